The van der Waals surface area contributed by atoms with Crippen molar-refractivity contribution in [1.82, 2.24) is 4.98 Å². The highest BCUT2D eigenvalue weighted by Gasteiger charge is 1.98. The highest BCUT2D eigenvalue weighted by Crippen LogP contribution is 2.10. The maximum atomic E-state index is 5.12. The molecule has 0 atom stereocenters. The van der Waals surface area contributed by atoms with Gasteiger partial charge in [0.2, 0.25) is 0 Å². The second-order valence-electron chi connectivity index (χ2n) is 3.91. The molecule has 2 N–H and O–H groups in total. The summed E-state index contributed by atoms with van der Waals surface area (Å²) in [7, 11) is 1.68. The lowest BCUT2D eigenvalue weighted by Crippen LogP contribution is -2.80. The Morgan fingerprint density at radius 1 is 1.06 bits per heavy atom. The molecule has 1 heterocycles. The van der Waals surface area contributed by atoms with Crippen LogP contribution in [-0.2, 0) is 13.1 Å². The predicted molar refractivity (Wildman–Crippen MR) is 66.6 cm³/mol. The molecule has 0 bridgehead atoms. The number of ether oxygens (including phenoxy) is 1. The fourth-order valence-corrected chi connectivity index (χ4v) is 1.69. The molecule has 2 aromatic rings. The topological polar surface area (TPSA) is 38.7 Å². The van der Waals surface area contributed by atoms with Gasteiger partial charge in [0.05, 0.1) is 7.11 Å². The molecule has 0 radical (unpaired) electrons. The van der Waals surface area contributed by atoms with Crippen LogP contribution in [0.25, 0.3) is 0 Å². The maximum Gasteiger partial charge on any atom is 0.118 e. The molecule has 0 aliphatic rings. The third kappa shape index (κ3) is 3.57. The Labute approximate surface area is 101 Å². The Bertz CT molecular complexity index is 440. The SMILES string of the molecule is COc1ccc(C[NH2+]Cc2cccnc2)cc1. The van der Waals surface area contributed by atoms with E-state index in [-0.39, 0.29) is 0 Å². The summed E-state index contributed by atoms with van der Waals surface area (Å²) < 4.78 is 5.12. The third-order valence-corrected chi connectivity index (χ3v) is 2.64. The van der Waals surface area contributed by atoms with E-state index in [1.54, 1.807) is 13.3 Å². The Kier molecular flexibility index (Phi) is 4.11. The van der Waals surface area contributed by atoms with E-state index in [2.05, 4.69) is 28.5 Å². The van der Waals surface area contributed by atoms with E-state index in [0.29, 0.717) is 0 Å². The van der Waals surface area contributed by atoms with Crippen molar-refractivity contribution in [3.8, 4) is 5.75 Å². The molecule has 0 spiro atoms. The van der Waals surface area contributed by atoms with Crippen LogP contribution in [-0.4, -0.2) is 12.1 Å². The maximum absolute atomic E-state index is 5.12. The highest BCUT2D eigenvalue weighted by molar-refractivity contribution is 5.26. The van der Waals surface area contributed by atoms with E-state index in [4.69, 9.17) is 4.74 Å². The molecule has 2 rings (SSSR count). The summed E-state index contributed by atoms with van der Waals surface area (Å²) >= 11 is 0. The average molecular weight is 229 g/mol. The van der Waals surface area contributed by atoms with Gasteiger partial charge in [-0.15, -0.1) is 0 Å². The molecule has 1 aromatic heterocycles. The number of quaternary nitrogens is 1. The zero-order valence-corrected chi connectivity index (χ0v) is 9.97. The normalized spacial score (nSPS) is 10.2. The molecule has 3 heteroatoms. The quantitative estimate of drug-likeness (QED) is 0.840. The van der Waals surface area contributed by atoms with E-state index in [9.17, 15) is 0 Å². The monoisotopic (exact) mass is 229 g/mol. The smallest absolute Gasteiger partial charge is 0.118 e. The predicted octanol–water partition coefficient (Wildman–Crippen LogP) is 1.35. The van der Waals surface area contributed by atoms with Gasteiger partial charge in [-0.05, 0) is 30.3 Å². The van der Waals surface area contributed by atoms with Crippen molar-refractivity contribution >= 4 is 0 Å². The first-order valence-corrected chi connectivity index (χ1v) is 5.72. The second-order valence-corrected chi connectivity index (χ2v) is 3.91. The van der Waals surface area contributed by atoms with Crippen molar-refractivity contribution < 1.29 is 10.1 Å². The van der Waals surface area contributed by atoms with Gasteiger partial charge in [0, 0.05) is 23.5 Å². The van der Waals surface area contributed by atoms with E-state index < -0.39 is 0 Å². The van der Waals surface area contributed by atoms with Gasteiger partial charge in [-0.1, -0.05) is 6.07 Å². The molecule has 0 aliphatic carbocycles. The van der Waals surface area contributed by atoms with Gasteiger partial charge in [-0.25, -0.2) is 0 Å². The number of rotatable bonds is 5. The first-order valence-electron chi connectivity index (χ1n) is 5.72. The molecule has 1 aromatic carbocycles. The largest absolute Gasteiger partial charge is 0.497 e. The van der Waals surface area contributed by atoms with Crippen LogP contribution >= 0.6 is 0 Å². The number of nitrogens with two attached hydrogens (primary N) is 1. The van der Waals surface area contributed by atoms with Gasteiger partial charge >= 0.3 is 0 Å². The summed E-state index contributed by atoms with van der Waals surface area (Å²) in [5, 5.41) is 2.26. The van der Waals surface area contributed by atoms with Crippen LogP contribution in [0.15, 0.2) is 48.8 Å². The summed E-state index contributed by atoms with van der Waals surface area (Å²) in [5.41, 5.74) is 2.55. The number of hydrogen-bond donors (Lipinski definition) is 1. The van der Waals surface area contributed by atoms with Crippen molar-refractivity contribution in [3.05, 3.63) is 59.9 Å². The number of benzene rings is 1. The minimum Gasteiger partial charge on any atom is -0.497 e. The van der Waals surface area contributed by atoms with Crippen molar-refractivity contribution in [2.75, 3.05) is 7.11 Å². The van der Waals surface area contributed by atoms with Crippen molar-refractivity contribution in [1.29, 1.82) is 0 Å². The molecule has 3 nitrogen and oxygen atoms in total. The Hall–Kier alpha value is -1.87. The molecule has 0 saturated carbocycles. The van der Waals surface area contributed by atoms with Crippen LogP contribution in [0.2, 0.25) is 0 Å². The molecule has 0 saturated heterocycles. The highest BCUT2D eigenvalue weighted by atomic mass is 16.5. The first-order chi connectivity index (χ1) is 8.38. The summed E-state index contributed by atoms with van der Waals surface area (Å²) in [6, 6.07) is 12.2. The van der Waals surface area contributed by atoms with Gasteiger partial charge in [0.25, 0.3) is 0 Å². The lowest BCUT2D eigenvalue weighted by molar-refractivity contribution is -0.686. The van der Waals surface area contributed by atoms with Crippen molar-refractivity contribution in [3.63, 3.8) is 0 Å². The Balaban J connectivity index is 1.82. The molecule has 0 amide bonds. The number of methoxy groups -OCH3 is 1. The van der Waals surface area contributed by atoms with E-state index in [1.807, 2.05) is 24.4 Å². The second kappa shape index (κ2) is 6.01. The van der Waals surface area contributed by atoms with Crippen LogP contribution in [0.3, 0.4) is 0 Å². The minimum absolute atomic E-state index is 0.904. The average Bonchev–Trinajstić information content (AvgIpc) is 2.41. The molecule has 0 unspecified atom stereocenters. The van der Waals surface area contributed by atoms with Crippen LogP contribution in [0.4, 0.5) is 0 Å². The van der Waals surface area contributed by atoms with Crippen LogP contribution < -0.4 is 10.1 Å². The molecule has 88 valence electrons. The Morgan fingerprint density at radius 3 is 2.47 bits per heavy atom. The number of hydrogen-bond acceptors (Lipinski definition) is 2. The molecular formula is C14H17N2O+. The number of nitrogens with zero attached hydrogens (tertiary/aromatic N) is 1. The van der Waals surface area contributed by atoms with Crippen molar-refractivity contribution in [2.24, 2.45) is 0 Å². The lowest BCUT2D eigenvalue weighted by atomic mass is 10.2. The fraction of sp³-hybridized carbons (Fsp3) is 0.214. The standard InChI is InChI=1S/C14H16N2O/c1-17-14-6-4-12(5-7-14)9-16-11-13-3-2-8-15-10-13/h2-8,10,16H,9,11H2,1H3/p+1. The zero-order valence-electron chi connectivity index (χ0n) is 9.97. The van der Waals surface area contributed by atoms with E-state index >= 15 is 0 Å². The van der Waals surface area contributed by atoms with Gasteiger partial charge < -0.3 is 10.1 Å². The van der Waals surface area contributed by atoms with Crippen LogP contribution in [0, 0.1) is 0 Å². The van der Waals surface area contributed by atoms with Gasteiger partial charge in [-0.3, -0.25) is 4.98 Å². The molecule has 0 aliphatic heterocycles. The summed E-state index contributed by atoms with van der Waals surface area (Å²) in [6.45, 7) is 1.93. The molecule has 17 heavy (non-hydrogen) atoms. The van der Waals surface area contributed by atoms with Crippen LogP contribution in [0.1, 0.15) is 11.1 Å². The first kappa shape index (κ1) is 11.6. The Morgan fingerprint density at radius 2 is 1.82 bits per heavy atom. The minimum atomic E-state index is 0.904. The zero-order chi connectivity index (χ0) is 11.9. The van der Waals surface area contributed by atoms with Gasteiger partial charge in [-0.2, -0.15) is 0 Å². The summed E-state index contributed by atoms with van der Waals surface area (Å²) in [4.78, 5) is 4.10. The van der Waals surface area contributed by atoms with Gasteiger partial charge in [0.1, 0.15) is 18.8 Å². The van der Waals surface area contributed by atoms with Crippen LogP contribution in [0.5, 0.6) is 5.75 Å². The number of aromatic nitrogens is 1. The number of pyridine rings is 1. The third-order valence-electron chi connectivity index (χ3n) is 2.64. The summed E-state index contributed by atoms with van der Waals surface area (Å²) in [6.07, 6.45) is 3.71. The van der Waals surface area contributed by atoms with Crippen molar-refractivity contribution in [2.45, 2.75) is 13.1 Å². The van der Waals surface area contributed by atoms with E-state index in [0.717, 1.165) is 18.8 Å². The summed E-state index contributed by atoms with van der Waals surface area (Å²) in [5.74, 6) is 0.904. The molecular weight excluding hydrogens is 212 g/mol. The van der Waals surface area contributed by atoms with E-state index in [1.165, 1.54) is 11.1 Å². The van der Waals surface area contributed by atoms with Gasteiger partial charge in [0.15, 0.2) is 0 Å². The fourth-order valence-electron chi connectivity index (χ4n) is 1.69. The lowest BCUT2D eigenvalue weighted by Gasteiger charge is -2.03. The molecule has 0 fully saturated rings.